The van der Waals surface area contributed by atoms with Gasteiger partial charge in [-0.15, -0.1) is 0 Å². The predicted molar refractivity (Wildman–Crippen MR) is 82.2 cm³/mol. The van der Waals surface area contributed by atoms with Crippen LogP contribution in [0.2, 0.25) is 0 Å². The lowest BCUT2D eigenvalue weighted by Crippen LogP contribution is -2.27. The van der Waals surface area contributed by atoms with Gasteiger partial charge < -0.3 is 20.9 Å². The monoisotopic (exact) mass is 283 g/mol. The van der Waals surface area contributed by atoms with E-state index in [2.05, 4.69) is 10.3 Å². The summed E-state index contributed by atoms with van der Waals surface area (Å²) in [5, 5.41) is 13.1. The quantitative estimate of drug-likeness (QED) is 0.589. The molecule has 0 atom stereocenters. The first-order valence-corrected chi connectivity index (χ1v) is 6.41. The molecule has 0 fully saturated rings. The van der Waals surface area contributed by atoms with Crippen molar-refractivity contribution in [2.75, 3.05) is 19.4 Å². The number of rotatable bonds is 3. The third kappa shape index (κ3) is 2.67. The van der Waals surface area contributed by atoms with Crippen LogP contribution in [0.3, 0.4) is 0 Å². The molecule has 6 nitrogen and oxygen atoms in total. The first-order valence-electron chi connectivity index (χ1n) is 6.41. The van der Waals surface area contributed by atoms with Gasteiger partial charge in [-0.3, -0.25) is 4.79 Å². The molecule has 0 aliphatic rings. The van der Waals surface area contributed by atoms with E-state index in [0.717, 1.165) is 22.2 Å². The first-order chi connectivity index (χ1) is 9.95. The number of H-pyrrole nitrogens is 1. The van der Waals surface area contributed by atoms with Crippen LogP contribution < -0.4 is 11.1 Å². The van der Waals surface area contributed by atoms with E-state index in [1.54, 1.807) is 14.1 Å². The molecule has 108 valence electrons. The van der Waals surface area contributed by atoms with Gasteiger partial charge in [-0.1, -0.05) is 12.1 Å². The summed E-state index contributed by atoms with van der Waals surface area (Å²) in [6, 6.07) is 7.56. The Morgan fingerprint density at radius 2 is 2.14 bits per heavy atom. The molecule has 0 aliphatic heterocycles. The highest BCUT2D eigenvalue weighted by Gasteiger charge is 2.16. The van der Waals surface area contributed by atoms with Crippen LogP contribution in [0.4, 0.5) is 5.69 Å². The van der Waals surface area contributed by atoms with Crippen molar-refractivity contribution in [1.29, 1.82) is 5.26 Å². The van der Waals surface area contributed by atoms with E-state index >= 15 is 0 Å². The van der Waals surface area contributed by atoms with Gasteiger partial charge in [0.1, 0.15) is 11.9 Å². The minimum Gasteiger partial charge on any atom is -0.384 e. The molecule has 0 spiro atoms. The van der Waals surface area contributed by atoms with Crippen LogP contribution in [0.1, 0.15) is 5.56 Å². The van der Waals surface area contributed by atoms with E-state index in [-0.39, 0.29) is 11.4 Å². The Morgan fingerprint density at radius 1 is 1.43 bits per heavy atom. The molecule has 1 amide bonds. The third-order valence-electron chi connectivity index (χ3n) is 3.19. The van der Waals surface area contributed by atoms with Crippen LogP contribution in [0.25, 0.3) is 10.9 Å². The molecule has 0 unspecified atom stereocenters. The number of amides is 1. The number of aromatic nitrogens is 1. The van der Waals surface area contributed by atoms with Crippen molar-refractivity contribution in [3.8, 4) is 6.07 Å². The number of nitrogens with one attached hydrogen (secondary N) is 2. The predicted octanol–water partition coefficient (Wildman–Crippen LogP) is 1.67. The Balaban J connectivity index is 2.44. The fourth-order valence-corrected chi connectivity index (χ4v) is 2.05. The number of fused-ring (bicyclic) bond motifs is 1. The number of benzene rings is 1. The maximum Gasteiger partial charge on any atom is 0.267 e. The molecule has 1 aromatic carbocycles. The molecular weight excluding hydrogens is 266 g/mol. The van der Waals surface area contributed by atoms with Crippen LogP contribution in [0.5, 0.6) is 0 Å². The van der Waals surface area contributed by atoms with E-state index in [0.29, 0.717) is 0 Å². The Bertz CT molecular complexity index is 764. The van der Waals surface area contributed by atoms with Gasteiger partial charge in [-0.05, 0) is 18.6 Å². The lowest BCUT2D eigenvalue weighted by atomic mass is 10.1. The molecule has 1 heterocycles. The van der Waals surface area contributed by atoms with E-state index in [4.69, 9.17) is 11.0 Å². The van der Waals surface area contributed by atoms with Crippen molar-refractivity contribution in [3.63, 3.8) is 0 Å². The molecule has 1 aromatic heterocycles. The Morgan fingerprint density at radius 3 is 2.76 bits per heavy atom. The minimum atomic E-state index is -0.433. The smallest absolute Gasteiger partial charge is 0.267 e. The van der Waals surface area contributed by atoms with Crippen LogP contribution in [-0.4, -0.2) is 29.9 Å². The van der Waals surface area contributed by atoms with E-state index in [1.807, 2.05) is 37.4 Å². The zero-order valence-electron chi connectivity index (χ0n) is 12.2. The zero-order valence-corrected chi connectivity index (χ0v) is 12.2. The third-order valence-corrected chi connectivity index (χ3v) is 3.19. The van der Waals surface area contributed by atoms with Gasteiger partial charge in [0.05, 0.1) is 11.2 Å². The van der Waals surface area contributed by atoms with Crippen molar-refractivity contribution in [2.24, 2.45) is 5.73 Å². The number of anilines is 1. The molecule has 6 heteroatoms. The molecule has 0 aliphatic carbocycles. The number of carbonyl (C=O) groups excluding carboxylic acids is 1. The normalized spacial score (nSPS) is 11.7. The number of nitrogens with zero attached hydrogens (tertiary/aromatic N) is 2. The molecule has 4 N–H and O–H groups in total. The minimum absolute atomic E-state index is 0.0379. The Labute approximate surface area is 122 Å². The second-order valence-electron chi connectivity index (χ2n) is 4.92. The SMILES string of the molecule is Cc1c[nH]c2c(N/C(N)=C(\C#N)C(=O)N(C)C)cccc12. The number of carbonyl (C=O) groups is 1. The second-order valence-corrected chi connectivity index (χ2v) is 4.92. The summed E-state index contributed by atoms with van der Waals surface area (Å²) >= 11 is 0. The van der Waals surface area contributed by atoms with Crippen LogP contribution in [0, 0.1) is 18.3 Å². The zero-order chi connectivity index (χ0) is 15.6. The summed E-state index contributed by atoms with van der Waals surface area (Å²) in [6.45, 7) is 2.00. The lowest BCUT2D eigenvalue weighted by Gasteiger charge is -2.13. The summed E-state index contributed by atoms with van der Waals surface area (Å²) in [6.07, 6.45) is 1.89. The van der Waals surface area contributed by atoms with Gasteiger partial charge in [0.15, 0.2) is 5.57 Å². The standard InChI is InChI=1S/C15H17N5O/c1-9-8-18-13-10(9)5-4-6-12(13)19-14(17)11(7-16)15(21)20(2)3/h4-6,8,18-19H,17H2,1-3H3/b14-11+. The van der Waals surface area contributed by atoms with Crippen LogP contribution in [-0.2, 0) is 4.79 Å². The summed E-state index contributed by atoms with van der Waals surface area (Å²) < 4.78 is 0. The molecule has 0 saturated carbocycles. The fraction of sp³-hybridized carbons (Fsp3) is 0.200. The van der Waals surface area contributed by atoms with Crippen molar-refractivity contribution in [1.82, 2.24) is 9.88 Å². The van der Waals surface area contributed by atoms with Crippen molar-refractivity contribution < 1.29 is 4.79 Å². The first kappa shape index (κ1) is 14.5. The van der Waals surface area contributed by atoms with Gasteiger partial charge in [0.25, 0.3) is 5.91 Å². The molecule has 2 aromatic rings. The maximum absolute atomic E-state index is 11.9. The molecule has 0 bridgehead atoms. The van der Waals surface area contributed by atoms with Crippen LogP contribution >= 0.6 is 0 Å². The van der Waals surface area contributed by atoms with Crippen molar-refractivity contribution >= 4 is 22.5 Å². The fourth-order valence-electron chi connectivity index (χ4n) is 2.05. The molecular formula is C15H17N5O. The van der Waals surface area contributed by atoms with Crippen molar-refractivity contribution in [2.45, 2.75) is 6.92 Å². The number of aryl methyl sites for hydroxylation is 1. The summed E-state index contributed by atoms with van der Waals surface area (Å²) in [5.41, 5.74) is 8.48. The molecule has 21 heavy (non-hydrogen) atoms. The lowest BCUT2D eigenvalue weighted by molar-refractivity contribution is -0.124. The number of nitriles is 1. The van der Waals surface area contributed by atoms with Gasteiger partial charge in [0.2, 0.25) is 0 Å². The van der Waals surface area contributed by atoms with Crippen LogP contribution in [0.15, 0.2) is 35.8 Å². The topological polar surface area (TPSA) is 97.9 Å². The average Bonchev–Trinajstić information content (AvgIpc) is 2.82. The second kappa shape index (κ2) is 5.59. The van der Waals surface area contributed by atoms with Crippen molar-refractivity contribution in [3.05, 3.63) is 41.4 Å². The van der Waals surface area contributed by atoms with E-state index < -0.39 is 5.91 Å². The summed E-state index contributed by atoms with van der Waals surface area (Å²) in [5.74, 6) is -0.395. The van der Waals surface area contributed by atoms with E-state index in [9.17, 15) is 4.79 Å². The molecule has 0 radical (unpaired) electrons. The number of likely N-dealkylation sites (N-methyl/N-ethyl adjacent to an activating group) is 1. The number of aromatic amines is 1. The van der Waals surface area contributed by atoms with Gasteiger partial charge in [0, 0.05) is 25.7 Å². The summed E-state index contributed by atoms with van der Waals surface area (Å²) in [4.78, 5) is 16.4. The number of nitrogens with two attached hydrogens (primary N) is 1. The number of hydrogen-bond acceptors (Lipinski definition) is 4. The largest absolute Gasteiger partial charge is 0.384 e. The molecule has 0 saturated heterocycles. The van der Waals surface area contributed by atoms with Gasteiger partial charge in [-0.2, -0.15) is 5.26 Å². The highest BCUT2D eigenvalue weighted by molar-refractivity contribution is 5.99. The Hall–Kier alpha value is -2.94. The summed E-state index contributed by atoms with van der Waals surface area (Å²) in [7, 11) is 3.14. The maximum atomic E-state index is 11.9. The highest BCUT2D eigenvalue weighted by Crippen LogP contribution is 2.25. The van der Waals surface area contributed by atoms with Gasteiger partial charge in [-0.25, -0.2) is 0 Å². The number of hydrogen-bond donors (Lipinski definition) is 3. The average molecular weight is 283 g/mol. The number of para-hydroxylation sites is 1. The van der Waals surface area contributed by atoms with Gasteiger partial charge >= 0.3 is 0 Å². The highest BCUT2D eigenvalue weighted by atomic mass is 16.2. The molecule has 2 rings (SSSR count). The van der Waals surface area contributed by atoms with E-state index in [1.165, 1.54) is 4.90 Å². The Kier molecular flexibility index (Phi) is 3.85.